The Morgan fingerprint density at radius 2 is 1.57 bits per heavy atom. The number of nitrogens with one attached hydrogen (secondary N) is 1. The number of rotatable bonds is 4. The van der Waals surface area contributed by atoms with Crippen LogP contribution < -0.4 is 5.32 Å². The molecule has 0 aliphatic heterocycles. The molecule has 1 N–H and O–H groups in total. The van der Waals surface area contributed by atoms with Gasteiger partial charge >= 0.3 is 6.03 Å². The van der Waals surface area contributed by atoms with Crippen molar-refractivity contribution in [3.05, 3.63) is 60.2 Å². The van der Waals surface area contributed by atoms with Gasteiger partial charge < -0.3 is 10.2 Å². The molecule has 2 aromatic carbocycles. The molecule has 110 valence electrons. The average molecular weight is 282 g/mol. The van der Waals surface area contributed by atoms with Crippen LogP contribution in [0, 0.1) is 0 Å². The van der Waals surface area contributed by atoms with Gasteiger partial charge in [-0.15, -0.1) is 0 Å². The minimum atomic E-state index is -0.0530. The van der Waals surface area contributed by atoms with Crippen molar-refractivity contribution in [1.82, 2.24) is 10.2 Å². The summed E-state index contributed by atoms with van der Waals surface area (Å²) in [5, 5.41) is 2.91. The van der Waals surface area contributed by atoms with Crippen molar-refractivity contribution in [3.8, 4) is 11.1 Å². The van der Waals surface area contributed by atoms with E-state index < -0.39 is 0 Å². The van der Waals surface area contributed by atoms with Crippen LogP contribution in [-0.2, 0) is 0 Å². The predicted molar refractivity (Wildman–Crippen MR) is 87.4 cm³/mol. The second-order valence-corrected chi connectivity index (χ2v) is 5.47. The Balaban J connectivity index is 2.00. The number of carbonyl (C=O) groups is 1. The number of hydrogen-bond acceptors (Lipinski definition) is 1. The maximum Gasteiger partial charge on any atom is 0.316 e. The van der Waals surface area contributed by atoms with Crippen molar-refractivity contribution in [2.75, 3.05) is 20.6 Å². The molecule has 0 heterocycles. The lowest BCUT2D eigenvalue weighted by Gasteiger charge is -2.16. The Morgan fingerprint density at radius 3 is 2.14 bits per heavy atom. The van der Waals surface area contributed by atoms with Crippen LogP contribution in [0.3, 0.4) is 0 Å². The highest BCUT2D eigenvalue weighted by atomic mass is 16.2. The van der Waals surface area contributed by atoms with Crippen LogP contribution in [0.15, 0.2) is 54.6 Å². The van der Waals surface area contributed by atoms with E-state index in [4.69, 9.17) is 0 Å². The highest BCUT2D eigenvalue weighted by Crippen LogP contribution is 2.22. The van der Waals surface area contributed by atoms with Gasteiger partial charge in [-0.2, -0.15) is 0 Å². The summed E-state index contributed by atoms with van der Waals surface area (Å²) in [5.41, 5.74) is 3.66. The van der Waals surface area contributed by atoms with E-state index in [-0.39, 0.29) is 6.03 Å². The minimum absolute atomic E-state index is 0.0530. The highest BCUT2D eigenvalue weighted by molar-refractivity contribution is 5.73. The zero-order valence-corrected chi connectivity index (χ0v) is 12.8. The number of benzene rings is 2. The topological polar surface area (TPSA) is 32.3 Å². The van der Waals surface area contributed by atoms with Crippen LogP contribution in [-0.4, -0.2) is 31.6 Å². The van der Waals surface area contributed by atoms with Gasteiger partial charge in [0.1, 0.15) is 0 Å². The van der Waals surface area contributed by atoms with Gasteiger partial charge in [0, 0.05) is 20.6 Å². The Hall–Kier alpha value is -2.29. The van der Waals surface area contributed by atoms with Gasteiger partial charge in [0.15, 0.2) is 0 Å². The number of hydrogen-bond donors (Lipinski definition) is 1. The van der Waals surface area contributed by atoms with Crippen molar-refractivity contribution in [2.45, 2.75) is 12.8 Å². The van der Waals surface area contributed by atoms with Crippen molar-refractivity contribution >= 4 is 6.03 Å². The number of amides is 2. The molecule has 0 saturated carbocycles. The van der Waals surface area contributed by atoms with Gasteiger partial charge in [0.05, 0.1) is 0 Å². The average Bonchev–Trinajstić information content (AvgIpc) is 2.53. The first-order valence-corrected chi connectivity index (χ1v) is 7.18. The normalized spacial score (nSPS) is 11.8. The summed E-state index contributed by atoms with van der Waals surface area (Å²) in [6, 6.07) is 18.8. The third-order valence-electron chi connectivity index (χ3n) is 3.55. The first-order chi connectivity index (χ1) is 10.1. The third-order valence-corrected chi connectivity index (χ3v) is 3.55. The van der Waals surface area contributed by atoms with E-state index in [2.05, 4.69) is 48.6 Å². The van der Waals surface area contributed by atoms with Gasteiger partial charge in [0.2, 0.25) is 0 Å². The molecule has 0 bridgehead atoms. The van der Waals surface area contributed by atoms with E-state index in [9.17, 15) is 4.79 Å². The van der Waals surface area contributed by atoms with Gasteiger partial charge in [-0.05, 0) is 22.6 Å². The van der Waals surface area contributed by atoms with Gasteiger partial charge in [-0.3, -0.25) is 0 Å². The zero-order valence-electron chi connectivity index (χ0n) is 12.8. The smallest absolute Gasteiger partial charge is 0.316 e. The summed E-state index contributed by atoms with van der Waals surface area (Å²) in [4.78, 5) is 13.1. The molecule has 21 heavy (non-hydrogen) atoms. The van der Waals surface area contributed by atoms with E-state index in [1.165, 1.54) is 16.7 Å². The Labute approximate surface area is 126 Å². The van der Waals surface area contributed by atoms with Gasteiger partial charge in [-0.1, -0.05) is 61.5 Å². The Bertz CT molecular complexity index is 576. The summed E-state index contributed by atoms with van der Waals surface area (Å²) in [6.45, 7) is 2.76. The maximum atomic E-state index is 11.5. The summed E-state index contributed by atoms with van der Waals surface area (Å²) in [7, 11) is 3.49. The van der Waals surface area contributed by atoms with Crippen LogP contribution >= 0.6 is 0 Å². The quantitative estimate of drug-likeness (QED) is 0.910. The van der Waals surface area contributed by atoms with Crippen LogP contribution in [0.25, 0.3) is 11.1 Å². The molecule has 3 nitrogen and oxygen atoms in total. The fourth-order valence-corrected chi connectivity index (χ4v) is 2.15. The van der Waals surface area contributed by atoms with Crippen molar-refractivity contribution in [2.24, 2.45) is 0 Å². The molecular weight excluding hydrogens is 260 g/mol. The SMILES string of the molecule is CC(CNC(=O)N(C)C)c1ccc(-c2ccccc2)cc1. The fraction of sp³-hybridized carbons (Fsp3) is 0.278. The molecule has 1 unspecified atom stereocenters. The van der Waals surface area contributed by atoms with Crippen LogP contribution in [0.5, 0.6) is 0 Å². The molecule has 0 aliphatic rings. The van der Waals surface area contributed by atoms with Gasteiger partial charge in [-0.25, -0.2) is 4.79 Å². The molecule has 1 atom stereocenters. The lowest BCUT2D eigenvalue weighted by molar-refractivity contribution is 0.217. The summed E-state index contributed by atoms with van der Waals surface area (Å²) < 4.78 is 0. The lowest BCUT2D eigenvalue weighted by Crippen LogP contribution is -2.36. The third kappa shape index (κ3) is 4.09. The fourth-order valence-electron chi connectivity index (χ4n) is 2.15. The van der Waals surface area contributed by atoms with E-state index >= 15 is 0 Å². The molecule has 0 aromatic heterocycles. The molecule has 2 aromatic rings. The highest BCUT2D eigenvalue weighted by Gasteiger charge is 2.09. The summed E-state index contributed by atoms with van der Waals surface area (Å²) in [6.07, 6.45) is 0. The van der Waals surface area contributed by atoms with E-state index in [1.54, 1.807) is 19.0 Å². The zero-order chi connectivity index (χ0) is 15.2. The predicted octanol–water partition coefficient (Wildman–Crippen LogP) is 3.73. The van der Waals surface area contributed by atoms with Crippen LogP contribution in [0.4, 0.5) is 4.79 Å². The standard InChI is InChI=1S/C18H22N2O/c1-14(13-19-18(21)20(2)3)15-9-11-17(12-10-15)16-7-5-4-6-8-16/h4-12,14H,13H2,1-3H3,(H,19,21). The maximum absolute atomic E-state index is 11.5. The molecule has 0 spiro atoms. The van der Waals surface area contributed by atoms with E-state index in [0.29, 0.717) is 12.5 Å². The van der Waals surface area contributed by atoms with E-state index in [0.717, 1.165) is 0 Å². The number of urea groups is 1. The Kier molecular flexibility index (Phi) is 4.99. The number of nitrogens with zero attached hydrogens (tertiary/aromatic N) is 1. The Morgan fingerprint density at radius 1 is 1.00 bits per heavy atom. The van der Waals surface area contributed by atoms with Crippen molar-refractivity contribution in [3.63, 3.8) is 0 Å². The molecule has 0 aliphatic carbocycles. The molecule has 2 rings (SSSR count). The largest absolute Gasteiger partial charge is 0.337 e. The minimum Gasteiger partial charge on any atom is -0.337 e. The number of carbonyl (C=O) groups excluding carboxylic acids is 1. The second kappa shape index (κ2) is 6.93. The first-order valence-electron chi connectivity index (χ1n) is 7.18. The molecule has 2 amide bonds. The van der Waals surface area contributed by atoms with Crippen LogP contribution in [0.1, 0.15) is 18.4 Å². The van der Waals surface area contributed by atoms with Crippen molar-refractivity contribution in [1.29, 1.82) is 0 Å². The molecule has 0 fully saturated rings. The summed E-state index contributed by atoms with van der Waals surface area (Å²) in [5.74, 6) is 0.290. The second-order valence-electron chi connectivity index (χ2n) is 5.47. The monoisotopic (exact) mass is 282 g/mol. The van der Waals surface area contributed by atoms with Crippen LogP contribution in [0.2, 0.25) is 0 Å². The first kappa shape index (κ1) is 15.1. The summed E-state index contributed by atoms with van der Waals surface area (Å²) >= 11 is 0. The molecule has 0 radical (unpaired) electrons. The van der Waals surface area contributed by atoms with E-state index in [1.807, 2.05) is 18.2 Å². The molecule has 3 heteroatoms. The lowest BCUT2D eigenvalue weighted by atomic mass is 9.97. The molecule has 0 saturated heterocycles. The van der Waals surface area contributed by atoms with Crippen molar-refractivity contribution < 1.29 is 4.79 Å². The molecular formula is C18H22N2O. The van der Waals surface area contributed by atoms with Gasteiger partial charge in [0.25, 0.3) is 0 Å².